The van der Waals surface area contributed by atoms with E-state index in [0.717, 1.165) is 0 Å². The standard InChI is InChI=1S/C8H12ClN3O/c1-2-7(13)5-12-8-10-3-6(9)4-11-8/h3-4,7,13H,2,5H2,1H3,(H,10,11,12)/t7-/m0/s1. The Morgan fingerprint density at radius 1 is 1.54 bits per heavy atom. The van der Waals surface area contributed by atoms with E-state index in [1.807, 2.05) is 6.92 Å². The minimum Gasteiger partial charge on any atom is -0.391 e. The van der Waals surface area contributed by atoms with Crippen LogP contribution in [0.2, 0.25) is 5.02 Å². The molecule has 0 spiro atoms. The molecule has 1 aromatic heterocycles. The smallest absolute Gasteiger partial charge is 0.222 e. The fourth-order valence-corrected chi connectivity index (χ4v) is 0.855. The highest BCUT2D eigenvalue weighted by Crippen LogP contribution is 2.05. The Labute approximate surface area is 82.0 Å². The Balaban J connectivity index is 2.41. The van der Waals surface area contributed by atoms with Gasteiger partial charge >= 0.3 is 0 Å². The van der Waals surface area contributed by atoms with Crippen molar-refractivity contribution in [1.29, 1.82) is 0 Å². The molecule has 13 heavy (non-hydrogen) atoms. The zero-order valence-corrected chi connectivity index (χ0v) is 8.12. The van der Waals surface area contributed by atoms with E-state index < -0.39 is 0 Å². The molecule has 0 bridgehead atoms. The van der Waals surface area contributed by atoms with Crippen LogP contribution in [0.15, 0.2) is 12.4 Å². The fraction of sp³-hybridized carbons (Fsp3) is 0.500. The SMILES string of the molecule is CC[C@H](O)CNc1ncc(Cl)cn1. The molecule has 0 fully saturated rings. The van der Waals surface area contributed by atoms with Gasteiger partial charge in [0.05, 0.1) is 23.5 Å². The first-order valence-electron chi connectivity index (χ1n) is 4.12. The van der Waals surface area contributed by atoms with Gasteiger partial charge in [-0.1, -0.05) is 18.5 Å². The second-order valence-corrected chi connectivity index (χ2v) is 3.10. The molecule has 0 saturated heterocycles. The number of anilines is 1. The van der Waals surface area contributed by atoms with Gasteiger partial charge in [0.1, 0.15) is 0 Å². The van der Waals surface area contributed by atoms with E-state index in [-0.39, 0.29) is 6.10 Å². The zero-order chi connectivity index (χ0) is 9.68. The van der Waals surface area contributed by atoms with E-state index >= 15 is 0 Å². The number of hydrogen-bond donors (Lipinski definition) is 2. The van der Waals surface area contributed by atoms with Crippen molar-refractivity contribution in [3.8, 4) is 0 Å². The van der Waals surface area contributed by atoms with Gasteiger partial charge in [-0.05, 0) is 6.42 Å². The summed E-state index contributed by atoms with van der Waals surface area (Å²) >= 11 is 5.60. The Morgan fingerprint density at radius 3 is 2.69 bits per heavy atom. The molecule has 72 valence electrons. The number of aliphatic hydroxyl groups excluding tert-OH is 1. The topological polar surface area (TPSA) is 58.0 Å². The predicted octanol–water partition coefficient (Wildman–Crippen LogP) is 1.31. The molecule has 1 atom stereocenters. The van der Waals surface area contributed by atoms with Crippen molar-refractivity contribution in [2.45, 2.75) is 19.4 Å². The summed E-state index contributed by atoms with van der Waals surface area (Å²) in [5.41, 5.74) is 0. The summed E-state index contributed by atoms with van der Waals surface area (Å²) < 4.78 is 0. The number of hydrogen-bond acceptors (Lipinski definition) is 4. The highest BCUT2D eigenvalue weighted by Gasteiger charge is 2.01. The van der Waals surface area contributed by atoms with Crippen LogP contribution in [0, 0.1) is 0 Å². The summed E-state index contributed by atoms with van der Waals surface area (Å²) in [7, 11) is 0. The summed E-state index contributed by atoms with van der Waals surface area (Å²) in [6.45, 7) is 2.37. The van der Waals surface area contributed by atoms with E-state index in [2.05, 4.69) is 15.3 Å². The maximum Gasteiger partial charge on any atom is 0.222 e. The number of nitrogens with zero attached hydrogens (tertiary/aromatic N) is 2. The van der Waals surface area contributed by atoms with E-state index in [4.69, 9.17) is 11.6 Å². The van der Waals surface area contributed by atoms with Crippen molar-refractivity contribution in [2.75, 3.05) is 11.9 Å². The van der Waals surface area contributed by atoms with Gasteiger partial charge in [-0.25, -0.2) is 9.97 Å². The zero-order valence-electron chi connectivity index (χ0n) is 7.37. The van der Waals surface area contributed by atoms with Crippen molar-refractivity contribution in [2.24, 2.45) is 0 Å². The van der Waals surface area contributed by atoms with Crippen LogP contribution in [0.25, 0.3) is 0 Å². The van der Waals surface area contributed by atoms with Crippen molar-refractivity contribution in [3.05, 3.63) is 17.4 Å². The normalized spacial score (nSPS) is 12.5. The second-order valence-electron chi connectivity index (χ2n) is 2.67. The van der Waals surface area contributed by atoms with Gasteiger partial charge in [-0.2, -0.15) is 0 Å². The van der Waals surface area contributed by atoms with Crippen molar-refractivity contribution >= 4 is 17.5 Å². The summed E-state index contributed by atoms with van der Waals surface area (Å²) in [5, 5.41) is 12.6. The first-order valence-corrected chi connectivity index (χ1v) is 4.49. The average Bonchev–Trinajstić information content (AvgIpc) is 2.16. The Bertz CT molecular complexity index is 252. The van der Waals surface area contributed by atoms with Gasteiger partial charge in [-0.3, -0.25) is 0 Å². The van der Waals surface area contributed by atoms with Gasteiger partial charge in [-0.15, -0.1) is 0 Å². The van der Waals surface area contributed by atoms with Crippen molar-refractivity contribution < 1.29 is 5.11 Å². The van der Waals surface area contributed by atoms with Crippen LogP contribution in [0.5, 0.6) is 0 Å². The Kier molecular flexibility index (Phi) is 3.92. The molecule has 1 heterocycles. The third kappa shape index (κ3) is 3.57. The average molecular weight is 202 g/mol. The van der Waals surface area contributed by atoms with Gasteiger partial charge in [0.15, 0.2) is 0 Å². The molecule has 0 aromatic carbocycles. The maximum atomic E-state index is 9.23. The molecule has 0 radical (unpaired) electrons. The minimum atomic E-state index is -0.362. The lowest BCUT2D eigenvalue weighted by molar-refractivity contribution is 0.183. The molecule has 0 aliphatic carbocycles. The number of halogens is 1. The Hall–Kier alpha value is -0.870. The van der Waals surface area contributed by atoms with E-state index in [1.54, 1.807) is 0 Å². The number of rotatable bonds is 4. The van der Waals surface area contributed by atoms with Gasteiger partial charge < -0.3 is 10.4 Å². The molecule has 1 rings (SSSR count). The van der Waals surface area contributed by atoms with Crippen LogP contribution >= 0.6 is 11.6 Å². The number of aliphatic hydroxyl groups is 1. The maximum absolute atomic E-state index is 9.23. The number of nitrogens with one attached hydrogen (secondary N) is 1. The fourth-order valence-electron chi connectivity index (χ4n) is 0.757. The van der Waals surface area contributed by atoms with Gasteiger partial charge in [0.2, 0.25) is 5.95 Å². The highest BCUT2D eigenvalue weighted by atomic mass is 35.5. The van der Waals surface area contributed by atoms with Crippen LogP contribution in [-0.4, -0.2) is 27.7 Å². The largest absolute Gasteiger partial charge is 0.391 e. The van der Waals surface area contributed by atoms with Crippen LogP contribution in [0.1, 0.15) is 13.3 Å². The monoisotopic (exact) mass is 201 g/mol. The lowest BCUT2D eigenvalue weighted by Crippen LogP contribution is -2.19. The van der Waals surface area contributed by atoms with Crippen LogP contribution in [0.4, 0.5) is 5.95 Å². The van der Waals surface area contributed by atoms with Gasteiger partial charge in [0, 0.05) is 6.54 Å². The third-order valence-electron chi connectivity index (χ3n) is 1.59. The second kappa shape index (κ2) is 4.99. The lowest BCUT2D eigenvalue weighted by atomic mass is 10.3. The van der Waals surface area contributed by atoms with Crippen molar-refractivity contribution in [1.82, 2.24) is 9.97 Å². The molecule has 0 unspecified atom stereocenters. The molecule has 4 nitrogen and oxygen atoms in total. The summed E-state index contributed by atoms with van der Waals surface area (Å²) in [6.07, 6.45) is 3.37. The van der Waals surface area contributed by atoms with E-state index in [1.165, 1.54) is 12.4 Å². The molecule has 0 saturated carbocycles. The van der Waals surface area contributed by atoms with Crippen LogP contribution in [0.3, 0.4) is 0 Å². The summed E-state index contributed by atoms with van der Waals surface area (Å²) in [5.74, 6) is 0.483. The van der Waals surface area contributed by atoms with Crippen molar-refractivity contribution in [3.63, 3.8) is 0 Å². The van der Waals surface area contributed by atoms with Gasteiger partial charge in [0.25, 0.3) is 0 Å². The molecule has 5 heteroatoms. The van der Waals surface area contributed by atoms with Crippen LogP contribution < -0.4 is 5.32 Å². The molecule has 0 aliphatic heterocycles. The molecule has 0 amide bonds. The first kappa shape index (κ1) is 10.2. The number of aromatic nitrogens is 2. The predicted molar refractivity (Wildman–Crippen MR) is 51.8 cm³/mol. The lowest BCUT2D eigenvalue weighted by Gasteiger charge is -2.08. The van der Waals surface area contributed by atoms with Crippen LogP contribution in [-0.2, 0) is 0 Å². The minimum absolute atomic E-state index is 0.362. The van der Waals surface area contributed by atoms with E-state index in [0.29, 0.717) is 23.9 Å². The first-order chi connectivity index (χ1) is 6.22. The van der Waals surface area contributed by atoms with E-state index in [9.17, 15) is 5.11 Å². The molecular weight excluding hydrogens is 190 g/mol. The molecule has 1 aromatic rings. The Morgan fingerprint density at radius 2 is 2.15 bits per heavy atom. The third-order valence-corrected chi connectivity index (χ3v) is 1.78. The molecular formula is C8H12ClN3O. The summed E-state index contributed by atoms with van der Waals surface area (Å²) in [6, 6.07) is 0. The quantitative estimate of drug-likeness (QED) is 0.772. The molecule has 0 aliphatic rings. The molecule has 2 N–H and O–H groups in total. The highest BCUT2D eigenvalue weighted by molar-refractivity contribution is 6.30. The summed E-state index contributed by atoms with van der Waals surface area (Å²) in [4.78, 5) is 7.84.